The molecule has 2 N–H and O–H groups in total. The first kappa shape index (κ1) is 18.2. The molecule has 2 aromatic rings. The maximum atomic E-state index is 12.6. The Labute approximate surface area is 155 Å². The summed E-state index contributed by atoms with van der Waals surface area (Å²) in [5, 5.41) is 6.17. The van der Waals surface area contributed by atoms with Crippen LogP contribution in [0.3, 0.4) is 0 Å². The van der Waals surface area contributed by atoms with Crippen molar-refractivity contribution in [3.05, 3.63) is 71.8 Å². The monoisotopic (exact) mass is 350 g/mol. The SMILES string of the molecule is C[C@@]1(CCC(=O)N[C@@H](Cc2ccccc2)c2ccccc2)CCC(=O)N1. The van der Waals surface area contributed by atoms with Crippen molar-refractivity contribution in [2.45, 2.75) is 50.6 Å². The second-order valence-corrected chi connectivity index (χ2v) is 7.33. The third-order valence-corrected chi connectivity index (χ3v) is 5.07. The summed E-state index contributed by atoms with van der Waals surface area (Å²) < 4.78 is 0. The highest BCUT2D eigenvalue weighted by Crippen LogP contribution is 2.25. The van der Waals surface area contributed by atoms with E-state index in [1.54, 1.807) is 0 Å². The largest absolute Gasteiger partial charge is 0.351 e. The molecule has 2 aromatic carbocycles. The molecule has 26 heavy (non-hydrogen) atoms. The number of nitrogens with one attached hydrogen (secondary N) is 2. The van der Waals surface area contributed by atoms with Crippen molar-refractivity contribution in [1.82, 2.24) is 10.6 Å². The highest BCUT2D eigenvalue weighted by Gasteiger charge is 2.33. The predicted octanol–water partition coefficient (Wildman–Crippen LogP) is 3.54. The Morgan fingerprint density at radius 2 is 1.77 bits per heavy atom. The highest BCUT2D eigenvalue weighted by molar-refractivity contribution is 5.80. The van der Waals surface area contributed by atoms with Crippen molar-refractivity contribution < 1.29 is 9.59 Å². The zero-order valence-corrected chi connectivity index (χ0v) is 15.2. The van der Waals surface area contributed by atoms with Crippen LogP contribution in [0, 0.1) is 0 Å². The first-order valence-corrected chi connectivity index (χ1v) is 9.23. The minimum absolute atomic E-state index is 0.0251. The van der Waals surface area contributed by atoms with Crippen LogP contribution in [-0.4, -0.2) is 17.4 Å². The van der Waals surface area contributed by atoms with Gasteiger partial charge in [-0.15, -0.1) is 0 Å². The summed E-state index contributed by atoms with van der Waals surface area (Å²) in [5.74, 6) is 0.108. The van der Waals surface area contributed by atoms with Gasteiger partial charge in [0.25, 0.3) is 0 Å². The molecular weight excluding hydrogens is 324 g/mol. The molecule has 0 saturated carbocycles. The Kier molecular flexibility index (Phi) is 5.71. The average Bonchev–Trinajstić information content (AvgIpc) is 3.00. The number of hydrogen-bond donors (Lipinski definition) is 2. The van der Waals surface area contributed by atoms with Crippen molar-refractivity contribution in [2.24, 2.45) is 0 Å². The molecule has 1 heterocycles. The van der Waals surface area contributed by atoms with E-state index < -0.39 is 0 Å². The lowest BCUT2D eigenvalue weighted by molar-refractivity contribution is -0.123. The number of carbonyl (C=O) groups is 2. The molecule has 1 saturated heterocycles. The second kappa shape index (κ2) is 8.17. The lowest BCUT2D eigenvalue weighted by Crippen LogP contribution is -2.40. The van der Waals surface area contributed by atoms with Gasteiger partial charge in [0.2, 0.25) is 11.8 Å². The van der Waals surface area contributed by atoms with E-state index in [1.807, 2.05) is 55.5 Å². The fraction of sp³-hybridized carbons (Fsp3) is 0.364. The number of amides is 2. The van der Waals surface area contributed by atoms with Gasteiger partial charge in [0.15, 0.2) is 0 Å². The van der Waals surface area contributed by atoms with Crippen molar-refractivity contribution in [2.75, 3.05) is 0 Å². The molecule has 0 bridgehead atoms. The van der Waals surface area contributed by atoms with Gasteiger partial charge in [-0.1, -0.05) is 60.7 Å². The summed E-state index contributed by atoms with van der Waals surface area (Å²) >= 11 is 0. The van der Waals surface area contributed by atoms with Gasteiger partial charge in [-0.05, 0) is 37.3 Å². The summed E-state index contributed by atoms with van der Waals surface area (Å²) in [4.78, 5) is 24.0. The van der Waals surface area contributed by atoms with Crippen LogP contribution in [-0.2, 0) is 16.0 Å². The van der Waals surface area contributed by atoms with Gasteiger partial charge >= 0.3 is 0 Å². The number of carbonyl (C=O) groups excluding carboxylic acids is 2. The lowest BCUT2D eigenvalue weighted by atomic mass is 9.93. The number of benzene rings is 2. The summed E-state index contributed by atoms with van der Waals surface area (Å²) in [6.07, 6.45) is 3.18. The van der Waals surface area contributed by atoms with Crippen molar-refractivity contribution in [3.8, 4) is 0 Å². The molecule has 0 unspecified atom stereocenters. The summed E-state index contributed by atoms with van der Waals surface area (Å²) in [6.45, 7) is 2.02. The van der Waals surface area contributed by atoms with E-state index in [1.165, 1.54) is 5.56 Å². The van der Waals surface area contributed by atoms with E-state index in [9.17, 15) is 9.59 Å². The Balaban J connectivity index is 1.63. The van der Waals surface area contributed by atoms with E-state index in [4.69, 9.17) is 0 Å². The van der Waals surface area contributed by atoms with Crippen LogP contribution in [0.5, 0.6) is 0 Å². The fourth-order valence-corrected chi connectivity index (χ4v) is 3.48. The van der Waals surface area contributed by atoms with Gasteiger partial charge in [0.1, 0.15) is 0 Å². The molecule has 2 amide bonds. The minimum atomic E-state index is -0.254. The van der Waals surface area contributed by atoms with Gasteiger partial charge in [0.05, 0.1) is 6.04 Å². The number of rotatable bonds is 7. The molecule has 2 atom stereocenters. The zero-order chi connectivity index (χ0) is 18.4. The van der Waals surface area contributed by atoms with Gasteiger partial charge in [0, 0.05) is 18.4 Å². The first-order chi connectivity index (χ1) is 12.5. The van der Waals surface area contributed by atoms with E-state index in [0.717, 1.165) is 18.4 Å². The molecule has 4 heteroatoms. The molecule has 0 aliphatic carbocycles. The van der Waals surface area contributed by atoms with Crippen molar-refractivity contribution in [1.29, 1.82) is 0 Å². The van der Waals surface area contributed by atoms with E-state index in [0.29, 0.717) is 19.3 Å². The predicted molar refractivity (Wildman–Crippen MR) is 102 cm³/mol. The first-order valence-electron chi connectivity index (χ1n) is 9.23. The Bertz CT molecular complexity index is 745. The van der Waals surface area contributed by atoms with Crippen LogP contribution in [0.1, 0.15) is 49.8 Å². The maximum Gasteiger partial charge on any atom is 0.220 e. The van der Waals surface area contributed by atoms with Crippen LogP contribution >= 0.6 is 0 Å². The van der Waals surface area contributed by atoms with Gasteiger partial charge in [-0.2, -0.15) is 0 Å². The molecular formula is C22H26N2O2. The Morgan fingerprint density at radius 1 is 1.12 bits per heavy atom. The molecule has 3 rings (SSSR count). The van der Waals surface area contributed by atoms with E-state index >= 15 is 0 Å². The summed E-state index contributed by atoms with van der Waals surface area (Å²) in [5.41, 5.74) is 2.04. The molecule has 4 nitrogen and oxygen atoms in total. The standard InChI is InChI=1S/C22H26N2O2/c1-22(15-13-21(26)24-22)14-12-20(25)23-19(18-10-6-3-7-11-18)16-17-8-4-2-5-9-17/h2-11,19H,12-16H2,1H3,(H,23,25)(H,24,26)/t19-,22+/m0/s1. The molecule has 0 radical (unpaired) electrons. The normalized spacial score (nSPS) is 20.4. The molecule has 0 spiro atoms. The molecule has 1 fully saturated rings. The third-order valence-electron chi connectivity index (χ3n) is 5.07. The van der Waals surface area contributed by atoms with Gasteiger partial charge < -0.3 is 10.6 Å². The molecule has 0 aromatic heterocycles. The van der Waals surface area contributed by atoms with Crippen molar-refractivity contribution >= 4 is 11.8 Å². The lowest BCUT2D eigenvalue weighted by Gasteiger charge is -2.25. The molecule has 136 valence electrons. The van der Waals surface area contributed by atoms with Crippen LogP contribution in [0.2, 0.25) is 0 Å². The van der Waals surface area contributed by atoms with Gasteiger partial charge in [-0.3, -0.25) is 9.59 Å². The summed E-state index contributed by atoms with van der Waals surface area (Å²) in [7, 11) is 0. The summed E-state index contributed by atoms with van der Waals surface area (Å²) in [6, 6.07) is 20.2. The minimum Gasteiger partial charge on any atom is -0.351 e. The Hall–Kier alpha value is -2.62. The van der Waals surface area contributed by atoms with Crippen molar-refractivity contribution in [3.63, 3.8) is 0 Å². The van der Waals surface area contributed by atoms with Crippen LogP contribution in [0.25, 0.3) is 0 Å². The van der Waals surface area contributed by atoms with E-state index in [2.05, 4.69) is 22.8 Å². The van der Waals surface area contributed by atoms with Crippen LogP contribution < -0.4 is 10.6 Å². The van der Waals surface area contributed by atoms with E-state index in [-0.39, 0.29) is 23.4 Å². The molecule has 1 aliphatic heterocycles. The topological polar surface area (TPSA) is 58.2 Å². The quantitative estimate of drug-likeness (QED) is 0.802. The average molecular weight is 350 g/mol. The Morgan fingerprint density at radius 3 is 2.38 bits per heavy atom. The number of hydrogen-bond acceptors (Lipinski definition) is 2. The fourth-order valence-electron chi connectivity index (χ4n) is 3.48. The molecule has 1 aliphatic rings. The van der Waals surface area contributed by atoms with Gasteiger partial charge in [-0.25, -0.2) is 0 Å². The maximum absolute atomic E-state index is 12.6. The zero-order valence-electron chi connectivity index (χ0n) is 15.2. The van der Waals surface area contributed by atoms with Crippen LogP contribution in [0.4, 0.5) is 0 Å². The second-order valence-electron chi connectivity index (χ2n) is 7.33. The van der Waals surface area contributed by atoms with Crippen LogP contribution in [0.15, 0.2) is 60.7 Å². The smallest absolute Gasteiger partial charge is 0.220 e. The highest BCUT2D eigenvalue weighted by atomic mass is 16.2. The third kappa shape index (κ3) is 4.94.